The molecule has 30 heavy (non-hydrogen) atoms. The van der Waals surface area contributed by atoms with E-state index in [-0.39, 0.29) is 25.4 Å². The lowest BCUT2D eigenvalue weighted by molar-refractivity contribution is -0.130. The van der Waals surface area contributed by atoms with Crippen molar-refractivity contribution in [2.75, 3.05) is 11.9 Å². The Morgan fingerprint density at radius 2 is 1.57 bits per heavy atom. The van der Waals surface area contributed by atoms with Gasteiger partial charge in [0.2, 0.25) is 11.8 Å². The standard InChI is InChI=1S/C22H26ClN3O4/c1-3-15(2)16-8-4-7-11-19(16)30-14-22(29)26-25-21(28)13-12-20(27)24-18-10-6-5-9-17(18)23/h4-11,15H,3,12-14H2,1-2H3,(H,24,27)(H,25,28)(H,26,29). The number of hydrogen-bond donors (Lipinski definition) is 3. The molecule has 3 amide bonds. The monoisotopic (exact) mass is 431 g/mol. The van der Waals surface area contributed by atoms with Crippen LogP contribution in [0, 0.1) is 0 Å². The topological polar surface area (TPSA) is 96.5 Å². The molecule has 0 fully saturated rings. The summed E-state index contributed by atoms with van der Waals surface area (Å²) in [6.07, 6.45) is 0.812. The first kappa shape index (κ1) is 23.2. The highest BCUT2D eigenvalue weighted by atomic mass is 35.5. The molecule has 0 saturated carbocycles. The summed E-state index contributed by atoms with van der Waals surface area (Å²) in [5, 5.41) is 3.04. The number of carbonyl (C=O) groups excluding carboxylic acids is 3. The summed E-state index contributed by atoms with van der Waals surface area (Å²) in [6.45, 7) is 3.93. The Labute approximate surface area is 181 Å². The Hall–Kier alpha value is -3.06. The molecule has 0 heterocycles. The molecule has 0 aromatic heterocycles. The Balaban J connectivity index is 1.70. The second kappa shape index (κ2) is 11.8. The van der Waals surface area contributed by atoms with Crippen molar-refractivity contribution in [2.45, 2.75) is 39.0 Å². The van der Waals surface area contributed by atoms with Gasteiger partial charge in [0.15, 0.2) is 6.61 Å². The fourth-order valence-corrected chi connectivity index (χ4v) is 2.81. The van der Waals surface area contributed by atoms with E-state index in [0.717, 1.165) is 12.0 Å². The van der Waals surface area contributed by atoms with Crippen LogP contribution in [-0.4, -0.2) is 24.3 Å². The summed E-state index contributed by atoms with van der Waals surface area (Å²) in [6, 6.07) is 14.4. The van der Waals surface area contributed by atoms with Crippen LogP contribution in [0.15, 0.2) is 48.5 Å². The molecule has 3 N–H and O–H groups in total. The third-order valence-electron chi connectivity index (χ3n) is 4.49. The van der Waals surface area contributed by atoms with Crippen molar-refractivity contribution in [1.82, 2.24) is 10.9 Å². The quantitative estimate of drug-likeness (QED) is 0.526. The maximum Gasteiger partial charge on any atom is 0.276 e. The lowest BCUT2D eigenvalue weighted by Crippen LogP contribution is -2.44. The van der Waals surface area contributed by atoms with Crippen LogP contribution in [0.5, 0.6) is 5.75 Å². The second-order valence-electron chi connectivity index (χ2n) is 6.76. The molecule has 0 saturated heterocycles. The molecule has 7 nitrogen and oxygen atoms in total. The number of halogens is 1. The van der Waals surface area contributed by atoms with Crippen LogP contribution in [0.1, 0.15) is 44.6 Å². The van der Waals surface area contributed by atoms with Gasteiger partial charge < -0.3 is 10.1 Å². The van der Waals surface area contributed by atoms with Gasteiger partial charge in [-0.2, -0.15) is 0 Å². The largest absolute Gasteiger partial charge is 0.483 e. The normalized spacial score (nSPS) is 11.3. The van der Waals surface area contributed by atoms with E-state index in [9.17, 15) is 14.4 Å². The number of nitrogens with one attached hydrogen (secondary N) is 3. The first-order valence-corrected chi connectivity index (χ1v) is 10.1. The van der Waals surface area contributed by atoms with E-state index in [1.54, 1.807) is 24.3 Å². The van der Waals surface area contributed by atoms with Gasteiger partial charge in [-0.15, -0.1) is 0 Å². The van der Waals surface area contributed by atoms with Crippen molar-refractivity contribution in [3.8, 4) is 5.75 Å². The minimum atomic E-state index is -0.497. The number of para-hydroxylation sites is 2. The Morgan fingerprint density at radius 1 is 0.933 bits per heavy atom. The van der Waals surface area contributed by atoms with E-state index in [1.165, 1.54) is 0 Å². The van der Waals surface area contributed by atoms with Crippen LogP contribution >= 0.6 is 11.6 Å². The van der Waals surface area contributed by atoms with Crippen LogP contribution in [0.25, 0.3) is 0 Å². The Kier molecular flexibility index (Phi) is 9.15. The number of anilines is 1. The minimum Gasteiger partial charge on any atom is -0.483 e. The molecule has 1 atom stereocenters. The molecule has 0 aliphatic heterocycles. The fourth-order valence-electron chi connectivity index (χ4n) is 2.62. The van der Waals surface area contributed by atoms with Gasteiger partial charge in [-0.05, 0) is 36.1 Å². The Bertz CT molecular complexity index is 888. The zero-order valence-corrected chi connectivity index (χ0v) is 17.8. The SMILES string of the molecule is CCC(C)c1ccccc1OCC(=O)NNC(=O)CCC(=O)Nc1ccccc1Cl. The van der Waals surface area contributed by atoms with Crippen molar-refractivity contribution >= 4 is 35.0 Å². The molecule has 0 aliphatic rings. The molecule has 0 spiro atoms. The summed E-state index contributed by atoms with van der Waals surface area (Å²) in [7, 11) is 0. The van der Waals surface area contributed by atoms with E-state index in [0.29, 0.717) is 22.4 Å². The summed E-state index contributed by atoms with van der Waals surface area (Å²) in [5.41, 5.74) is 6.06. The van der Waals surface area contributed by atoms with E-state index in [4.69, 9.17) is 16.3 Å². The molecule has 2 aromatic rings. The molecule has 1 unspecified atom stereocenters. The average Bonchev–Trinajstić information content (AvgIpc) is 2.76. The van der Waals surface area contributed by atoms with E-state index in [2.05, 4.69) is 30.0 Å². The number of hydrogen-bond acceptors (Lipinski definition) is 4. The summed E-state index contributed by atoms with van der Waals surface area (Å²) >= 11 is 5.97. The molecule has 160 valence electrons. The molecular weight excluding hydrogens is 406 g/mol. The van der Waals surface area contributed by atoms with Crippen LogP contribution in [0.3, 0.4) is 0 Å². The van der Waals surface area contributed by atoms with E-state index in [1.807, 2.05) is 24.3 Å². The molecule has 8 heteroatoms. The number of ether oxygens (including phenoxy) is 1. The van der Waals surface area contributed by atoms with Crippen LogP contribution in [-0.2, 0) is 14.4 Å². The lowest BCUT2D eigenvalue weighted by atomic mass is 9.98. The van der Waals surface area contributed by atoms with E-state index >= 15 is 0 Å². The lowest BCUT2D eigenvalue weighted by Gasteiger charge is -2.15. The Morgan fingerprint density at radius 3 is 2.30 bits per heavy atom. The second-order valence-corrected chi connectivity index (χ2v) is 7.17. The zero-order chi connectivity index (χ0) is 21.9. The average molecular weight is 432 g/mol. The molecule has 0 aliphatic carbocycles. The summed E-state index contributed by atoms with van der Waals surface area (Å²) in [5.74, 6) is -0.388. The van der Waals surface area contributed by atoms with Gasteiger partial charge in [0.25, 0.3) is 5.91 Å². The summed E-state index contributed by atoms with van der Waals surface area (Å²) in [4.78, 5) is 35.7. The third-order valence-corrected chi connectivity index (χ3v) is 4.82. The number of rotatable bonds is 9. The molecule has 0 radical (unpaired) electrons. The maximum atomic E-state index is 11.9. The maximum absolute atomic E-state index is 11.9. The van der Waals surface area contributed by atoms with Gasteiger partial charge in [0, 0.05) is 12.8 Å². The van der Waals surface area contributed by atoms with Gasteiger partial charge in [-0.3, -0.25) is 25.2 Å². The van der Waals surface area contributed by atoms with Crippen molar-refractivity contribution < 1.29 is 19.1 Å². The fraction of sp³-hybridized carbons (Fsp3) is 0.318. The smallest absolute Gasteiger partial charge is 0.276 e. The predicted molar refractivity (Wildman–Crippen MR) is 116 cm³/mol. The van der Waals surface area contributed by atoms with Crippen LogP contribution in [0.4, 0.5) is 5.69 Å². The van der Waals surface area contributed by atoms with Crippen molar-refractivity contribution in [1.29, 1.82) is 0 Å². The van der Waals surface area contributed by atoms with E-state index < -0.39 is 11.8 Å². The predicted octanol–water partition coefficient (Wildman–Crippen LogP) is 3.80. The van der Waals surface area contributed by atoms with Gasteiger partial charge in [-0.1, -0.05) is 55.8 Å². The van der Waals surface area contributed by atoms with Crippen molar-refractivity contribution in [2.24, 2.45) is 0 Å². The van der Waals surface area contributed by atoms with Crippen LogP contribution in [0.2, 0.25) is 5.02 Å². The highest BCUT2D eigenvalue weighted by Gasteiger charge is 2.12. The summed E-state index contributed by atoms with van der Waals surface area (Å²) < 4.78 is 5.59. The van der Waals surface area contributed by atoms with Crippen molar-refractivity contribution in [3.63, 3.8) is 0 Å². The molecule has 0 bridgehead atoms. The third kappa shape index (κ3) is 7.40. The van der Waals surface area contributed by atoms with Gasteiger partial charge >= 0.3 is 0 Å². The number of carbonyl (C=O) groups is 3. The zero-order valence-electron chi connectivity index (χ0n) is 17.0. The molecule has 2 aromatic carbocycles. The molecular formula is C22H26ClN3O4. The number of hydrazine groups is 1. The molecule has 2 rings (SSSR count). The van der Waals surface area contributed by atoms with Gasteiger partial charge in [0.05, 0.1) is 10.7 Å². The first-order valence-electron chi connectivity index (χ1n) is 9.74. The minimum absolute atomic E-state index is 0.0499. The number of benzene rings is 2. The number of amides is 3. The van der Waals surface area contributed by atoms with Gasteiger partial charge in [0.1, 0.15) is 5.75 Å². The van der Waals surface area contributed by atoms with Crippen molar-refractivity contribution in [3.05, 3.63) is 59.1 Å². The van der Waals surface area contributed by atoms with Gasteiger partial charge in [-0.25, -0.2) is 0 Å². The highest BCUT2D eigenvalue weighted by molar-refractivity contribution is 6.33. The van der Waals surface area contributed by atoms with Crippen LogP contribution < -0.4 is 20.9 Å². The highest BCUT2D eigenvalue weighted by Crippen LogP contribution is 2.28. The first-order chi connectivity index (χ1) is 14.4.